The minimum absolute atomic E-state index is 0.224. The van der Waals surface area contributed by atoms with Crippen LogP contribution in [-0.4, -0.2) is 31.5 Å². The molecule has 0 heterocycles. The lowest BCUT2D eigenvalue weighted by atomic mass is 10.2. The van der Waals surface area contributed by atoms with Crippen molar-refractivity contribution in [3.05, 3.63) is 29.8 Å². The van der Waals surface area contributed by atoms with Gasteiger partial charge in [0, 0.05) is 12.2 Å². The lowest BCUT2D eigenvalue weighted by Crippen LogP contribution is -2.32. The predicted molar refractivity (Wildman–Crippen MR) is 69.4 cm³/mol. The smallest absolute Gasteiger partial charge is 0.330 e. The molecule has 0 saturated heterocycles. The minimum Gasteiger partial charge on any atom is -0.374 e. The van der Waals surface area contributed by atoms with E-state index >= 15 is 0 Å². The number of para-hydroxylation sites is 1. The molecule has 1 aromatic carbocycles. The molecule has 118 valence electrons. The summed E-state index contributed by atoms with van der Waals surface area (Å²) >= 11 is 0. The topological polar surface area (TPSA) is 64.3 Å². The molecule has 0 aliphatic rings. The van der Waals surface area contributed by atoms with Gasteiger partial charge < -0.3 is 15.8 Å². The van der Waals surface area contributed by atoms with E-state index in [4.69, 9.17) is 5.73 Å². The van der Waals surface area contributed by atoms with Crippen molar-refractivity contribution in [1.82, 2.24) is 0 Å². The third-order valence-corrected chi connectivity index (χ3v) is 2.60. The second kappa shape index (κ2) is 7.94. The summed E-state index contributed by atoms with van der Waals surface area (Å²) in [5.74, 6) is -4.68. The Morgan fingerprint density at radius 2 is 2.00 bits per heavy atom. The Kier molecular flexibility index (Phi) is 6.57. The van der Waals surface area contributed by atoms with Gasteiger partial charge in [0.15, 0.2) is 0 Å². The molecule has 1 rings (SSSR count). The summed E-state index contributed by atoms with van der Waals surface area (Å²) in [7, 11) is 0. The zero-order chi connectivity index (χ0) is 15.9. The van der Waals surface area contributed by atoms with Crippen molar-refractivity contribution < 1.29 is 27.1 Å². The number of benzene rings is 1. The Balaban J connectivity index is 2.35. The number of halogens is 4. The molecule has 0 aromatic heterocycles. The summed E-state index contributed by atoms with van der Waals surface area (Å²) in [6.07, 6.45) is -4.01. The Morgan fingerprint density at radius 1 is 1.33 bits per heavy atom. The van der Waals surface area contributed by atoms with Crippen molar-refractivity contribution in [3.8, 4) is 0 Å². The Hall–Kier alpha value is -1.67. The van der Waals surface area contributed by atoms with Crippen molar-refractivity contribution in [2.75, 3.05) is 18.5 Å². The molecular weight excluding hydrogens is 292 g/mol. The van der Waals surface area contributed by atoms with Crippen molar-refractivity contribution in [2.45, 2.75) is 25.3 Å². The predicted octanol–water partition coefficient (Wildman–Crippen LogP) is 2.39. The van der Waals surface area contributed by atoms with Gasteiger partial charge in [0.2, 0.25) is 5.91 Å². The molecule has 4 nitrogen and oxygen atoms in total. The number of ether oxygens (including phenoxy) is 1. The highest BCUT2D eigenvalue weighted by Crippen LogP contribution is 2.22. The molecule has 1 aromatic rings. The van der Waals surface area contributed by atoms with Crippen LogP contribution >= 0.6 is 0 Å². The molecule has 0 spiro atoms. The number of amides is 1. The molecule has 3 N–H and O–H groups in total. The number of carbonyl (C=O) groups excluding carboxylic acids is 1. The number of hydrogen-bond donors (Lipinski definition) is 2. The molecule has 1 amide bonds. The van der Waals surface area contributed by atoms with Crippen LogP contribution in [0.2, 0.25) is 0 Å². The van der Waals surface area contributed by atoms with E-state index in [9.17, 15) is 22.4 Å². The highest BCUT2D eigenvalue weighted by atomic mass is 19.3. The third-order valence-electron chi connectivity index (χ3n) is 2.60. The number of rotatable bonds is 8. The summed E-state index contributed by atoms with van der Waals surface area (Å²) in [6.45, 7) is -1.57. The minimum atomic E-state index is -4.21. The highest BCUT2D eigenvalue weighted by molar-refractivity contribution is 5.91. The molecule has 0 fully saturated rings. The molecule has 0 bridgehead atoms. The van der Waals surface area contributed by atoms with E-state index in [1.165, 1.54) is 0 Å². The second-order valence-corrected chi connectivity index (χ2v) is 4.27. The van der Waals surface area contributed by atoms with Crippen LogP contribution in [0.5, 0.6) is 0 Å². The second-order valence-electron chi connectivity index (χ2n) is 4.27. The van der Waals surface area contributed by atoms with Crippen molar-refractivity contribution >= 4 is 11.6 Å². The van der Waals surface area contributed by atoms with Crippen LogP contribution in [0.3, 0.4) is 0 Å². The van der Waals surface area contributed by atoms with Gasteiger partial charge in [0.1, 0.15) is 6.61 Å². The fraction of sp³-hybridized carbons (Fsp3) is 0.462. The van der Waals surface area contributed by atoms with Gasteiger partial charge in [0.25, 0.3) is 0 Å². The summed E-state index contributed by atoms with van der Waals surface area (Å²) in [6, 6.07) is 6.84. The van der Waals surface area contributed by atoms with Gasteiger partial charge >= 0.3 is 12.3 Å². The van der Waals surface area contributed by atoms with Crippen molar-refractivity contribution in [1.29, 1.82) is 0 Å². The number of nitrogens with two attached hydrogens (primary N) is 1. The van der Waals surface area contributed by atoms with Gasteiger partial charge in [-0.05, 0) is 11.6 Å². The Morgan fingerprint density at radius 3 is 2.62 bits per heavy atom. The van der Waals surface area contributed by atoms with E-state index in [0.717, 1.165) is 5.56 Å². The summed E-state index contributed by atoms with van der Waals surface area (Å²) in [5, 5.41) is 2.55. The molecule has 0 unspecified atom stereocenters. The lowest BCUT2D eigenvalue weighted by Gasteiger charge is -2.15. The Labute approximate surface area is 119 Å². The zero-order valence-electron chi connectivity index (χ0n) is 11.1. The average molecular weight is 308 g/mol. The van der Waals surface area contributed by atoms with Gasteiger partial charge in [-0.3, -0.25) is 4.79 Å². The maximum Gasteiger partial charge on any atom is 0.330 e. The Bertz CT molecular complexity index is 469. The SMILES string of the molecule is NCc1ccccc1NC(=O)CCOCC(F)(F)C(F)F. The summed E-state index contributed by atoms with van der Waals surface area (Å²) in [4.78, 5) is 11.6. The van der Waals surface area contributed by atoms with Crippen LogP contribution in [0.4, 0.5) is 23.2 Å². The number of hydrogen-bond acceptors (Lipinski definition) is 3. The van der Waals surface area contributed by atoms with E-state index < -0.39 is 24.9 Å². The van der Waals surface area contributed by atoms with Crippen LogP contribution < -0.4 is 11.1 Å². The molecule has 8 heteroatoms. The molecule has 0 atom stereocenters. The maximum atomic E-state index is 12.5. The van der Waals surface area contributed by atoms with E-state index in [0.29, 0.717) is 5.69 Å². The quantitative estimate of drug-likeness (QED) is 0.572. The molecular formula is C13H16F4N2O2. The molecule has 21 heavy (non-hydrogen) atoms. The van der Waals surface area contributed by atoms with Crippen LogP contribution in [0, 0.1) is 0 Å². The first kappa shape index (κ1) is 17.4. The summed E-state index contributed by atoms with van der Waals surface area (Å²) in [5.41, 5.74) is 6.73. The first-order chi connectivity index (χ1) is 9.86. The van der Waals surface area contributed by atoms with Crippen molar-refractivity contribution in [3.63, 3.8) is 0 Å². The van der Waals surface area contributed by atoms with Crippen LogP contribution in [0.1, 0.15) is 12.0 Å². The first-order valence-electron chi connectivity index (χ1n) is 6.18. The summed E-state index contributed by atoms with van der Waals surface area (Å²) < 4.78 is 53.2. The van der Waals surface area contributed by atoms with E-state index in [-0.39, 0.29) is 19.6 Å². The lowest BCUT2D eigenvalue weighted by molar-refractivity contribution is -0.166. The van der Waals surface area contributed by atoms with Gasteiger partial charge in [-0.2, -0.15) is 8.78 Å². The van der Waals surface area contributed by atoms with Gasteiger partial charge in [-0.1, -0.05) is 18.2 Å². The van der Waals surface area contributed by atoms with E-state index in [1.807, 2.05) is 0 Å². The molecule has 0 radical (unpaired) electrons. The standard InChI is InChI=1S/C13H16F4N2O2/c14-12(15)13(16,17)8-21-6-5-11(20)19-10-4-2-1-3-9(10)7-18/h1-4,12H,5-8,18H2,(H,19,20). The number of nitrogens with one attached hydrogen (secondary N) is 1. The number of carbonyl (C=O) groups is 1. The zero-order valence-corrected chi connectivity index (χ0v) is 11.1. The number of alkyl halides is 4. The van der Waals surface area contributed by atoms with Crippen LogP contribution in [-0.2, 0) is 16.1 Å². The first-order valence-corrected chi connectivity index (χ1v) is 6.18. The normalized spacial score (nSPS) is 11.7. The van der Waals surface area contributed by atoms with Crippen molar-refractivity contribution in [2.24, 2.45) is 5.73 Å². The average Bonchev–Trinajstić information content (AvgIpc) is 2.44. The maximum absolute atomic E-state index is 12.5. The van der Waals surface area contributed by atoms with Gasteiger partial charge in [-0.15, -0.1) is 0 Å². The largest absolute Gasteiger partial charge is 0.374 e. The van der Waals surface area contributed by atoms with E-state index in [2.05, 4.69) is 10.1 Å². The monoisotopic (exact) mass is 308 g/mol. The van der Waals surface area contributed by atoms with Crippen LogP contribution in [0.15, 0.2) is 24.3 Å². The van der Waals surface area contributed by atoms with Gasteiger partial charge in [-0.25, -0.2) is 8.78 Å². The fourth-order valence-electron chi connectivity index (χ4n) is 1.47. The van der Waals surface area contributed by atoms with E-state index in [1.54, 1.807) is 24.3 Å². The fourth-order valence-corrected chi connectivity index (χ4v) is 1.47. The van der Waals surface area contributed by atoms with Crippen LogP contribution in [0.25, 0.3) is 0 Å². The molecule has 0 aliphatic heterocycles. The molecule has 0 saturated carbocycles. The molecule has 0 aliphatic carbocycles. The highest BCUT2D eigenvalue weighted by Gasteiger charge is 2.40. The van der Waals surface area contributed by atoms with Gasteiger partial charge in [0.05, 0.1) is 13.0 Å². The number of anilines is 1. The third kappa shape index (κ3) is 5.68.